The Morgan fingerprint density at radius 1 is 1.35 bits per heavy atom. The highest BCUT2D eigenvalue weighted by Gasteiger charge is 2.16. The van der Waals surface area contributed by atoms with Gasteiger partial charge in [0.05, 0.1) is 6.26 Å². The predicted octanol–water partition coefficient (Wildman–Crippen LogP) is 2.32. The van der Waals surface area contributed by atoms with Crippen LogP contribution in [0.15, 0.2) is 11.8 Å². The van der Waals surface area contributed by atoms with Crippen molar-refractivity contribution in [2.75, 3.05) is 6.54 Å². The van der Waals surface area contributed by atoms with Crippen LogP contribution in [0.25, 0.3) is 0 Å². The van der Waals surface area contributed by atoms with Crippen molar-refractivity contribution in [3.63, 3.8) is 0 Å². The van der Waals surface area contributed by atoms with E-state index in [1.807, 2.05) is 0 Å². The molecule has 0 saturated heterocycles. The minimum absolute atomic E-state index is 0.126. The van der Waals surface area contributed by atoms with Crippen molar-refractivity contribution in [1.82, 2.24) is 5.32 Å². The smallest absolute Gasteiger partial charge is 0.407 e. The molecular weight excluding hydrogens is 222 g/mol. The summed E-state index contributed by atoms with van der Waals surface area (Å²) in [4.78, 5) is 22.5. The molecule has 17 heavy (non-hydrogen) atoms. The van der Waals surface area contributed by atoms with E-state index in [1.165, 1.54) is 0 Å². The lowest BCUT2D eigenvalue weighted by Crippen LogP contribution is -2.33. The highest BCUT2D eigenvalue weighted by molar-refractivity contribution is 5.94. The molecule has 2 N–H and O–H groups in total. The fourth-order valence-corrected chi connectivity index (χ4v) is 1.12. The summed E-state index contributed by atoms with van der Waals surface area (Å²) in [5, 5.41) is 11.4. The van der Waals surface area contributed by atoms with Crippen LogP contribution >= 0.6 is 0 Å². The molecule has 0 atom stereocenters. The molecule has 0 aliphatic carbocycles. The van der Waals surface area contributed by atoms with Crippen LogP contribution in [0.1, 0.15) is 40.5 Å². The van der Waals surface area contributed by atoms with Gasteiger partial charge in [0.15, 0.2) is 5.78 Å². The molecule has 0 heterocycles. The lowest BCUT2D eigenvalue weighted by Gasteiger charge is -2.19. The highest BCUT2D eigenvalue weighted by Crippen LogP contribution is 2.07. The van der Waals surface area contributed by atoms with Crippen molar-refractivity contribution < 1.29 is 19.4 Å². The van der Waals surface area contributed by atoms with Crippen molar-refractivity contribution in [3.05, 3.63) is 11.8 Å². The quantitative estimate of drug-likeness (QED) is 0.574. The van der Waals surface area contributed by atoms with Crippen LogP contribution in [0, 0.1) is 0 Å². The normalized spacial score (nSPS) is 12.1. The molecule has 0 aliphatic rings. The molecule has 0 spiro atoms. The number of rotatable bonds is 5. The minimum Gasteiger partial charge on any atom is -0.515 e. The van der Waals surface area contributed by atoms with Crippen LogP contribution in [-0.2, 0) is 9.53 Å². The van der Waals surface area contributed by atoms with Crippen molar-refractivity contribution in [3.8, 4) is 0 Å². The van der Waals surface area contributed by atoms with Gasteiger partial charge in [-0.05, 0) is 27.2 Å². The van der Waals surface area contributed by atoms with Crippen LogP contribution in [0.4, 0.5) is 4.79 Å². The standard InChI is InChI=1S/C12H21NO4/c1-5-10(15)9(8-14)6-7-13-11(16)17-12(2,3)4/h8,14H,5-7H2,1-4H3,(H,13,16). The lowest BCUT2D eigenvalue weighted by atomic mass is 10.1. The van der Waals surface area contributed by atoms with E-state index < -0.39 is 11.7 Å². The van der Waals surface area contributed by atoms with E-state index in [1.54, 1.807) is 27.7 Å². The number of carbonyl (C=O) groups is 2. The Balaban J connectivity index is 3.99. The van der Waals surface area contributed by atoms with E-state index in [9.17, 15) is 9.59 Å². The summed E-state index contributed by atoms with van der Waals surface area (Å²) in [6, 6.07) is 0. The molecule has 0 bridgehead atoms. The summed E-state index contributed by atoms with van der Waals surface area (Å²) in [7, 11) is 0. The molecule has 0 aromatic rings. The van der Waals surface area contributed by atoms with E-state index in [-0.39, 0.29) is 12.3 Å². The van der Waals surface area contributed by atoms with Gasteiger partial charge in [-0.15, -0.1) is 0 Å². The van der Waals surface area contributed by atoms with E-state index >= 15 is 0 Å². The Morgan fingerprint density at radius 2 is 1.94 bits per heavy atom. The van der Waals surface area contributed by atoms with Gasteiger partial charge < -0.3 is 15.2 Å². The van der Waals surface area contributed by atoms with Crippen molar-refractivity contribution in [2.24, 2.45) is 0 Å². The summed E-state index contributed by atoms with van der Waals surface area (Å²) >= 11 is 0. The maximum atomic E-state index is 11.3. The first-order chi connectivity index (χ1) is 7.80. The summed E-state index contributed by atoms with van der Waals surface area (Å²) in [6.45, 7) is 7.28. The second-order valence-electron chi connectivity index (χ2n) is 4.61. The van der Waals surface area contributed by atoms with Gasteiger partial charge in [-0.25, -0.2) is 4.79 Å². The second kappa shape index (κ2) is 6.93. The molecule has 0 unspecified atom stereocenters. The molecule has 0 rings (SSSR count). The summed E-state index contributed by atoms with van der Waals surface area (Å²) in [5.74, 6) is -0.126. The van der Waals surface area contributed by atoms with E-state index in [4.69, 9.17) is 9.84 Å². The zero-order chi connectivity index (χ0) is 13.5. The molecule has 0 aromatic carbocycles. The monoisotopic (exact) mass is 243 g/mol. The number of nitrogens with one attached hydrogen (secondary N) is 1. The molecule has 0 fully saturated rings. The van der Waals surface area contributed by atoms with Crippen LogP contribution in [0.3, 0.4) is 0 Å². The van der Waals surface area contributed by atoms with Gasteiger partial charge in [0.2, 0.25) is 0 Å². The molecule has 5 nitrogen and oxygen atoms in total. The average molecular weight is 243 g/mol. The first-order valence-corrected chi connectivity index (χ1v) is 5.63. The highest BCUT2D eigenvalue weighted by atomic mass is 16.6. The summed E-state index contributed by atoms with van der Waals surface area (Å²) in [5.41, 5.74) is -0.234. The maximum Gasteiger partial charge on any atom is 0.407 e. The van der Waals surface area contributed by atoms with E-state index in [2.05, 4.69) is 5.32 Å². The number of ether oxygens (including phenoxy) is 1. The number of carbonyl (C=O) groups excluding carboxylic acids is 2. The first-order valence-electron chi connectivity index (χ1n) is 5.63. The zero-order valence-corrected chi connectivity index (χ0v) is 10.9. The van der Waals surface area contributed by atoms with Gasteiger partial charge in [-0.2, -0.15) is 0 Å². The summed E-state index contributed by atoms with van der Waals surface area (Å²) < 4.78 is 5.02. The SMILES string of the molecule is CCC(=O)C(=CO)CCNC(=O)OC(C)(C)C. The Hall–Kier alpha value is -1.52. The largest absolute Gasteiger partial charge is 0.515 e. The Morgan fingerprint density at radius 3 is 2.35 bits per heavy atom. The minimum atomic E-state index is -0.543. The number of hydrogen-bond acceptors (Lipinski definition) is 4. The topological polar surface area (TPSA) is 75.6 Å². The number of amides is 1. The molecule has 0 aromatic heterocycles. The fraction of sp³-hybridized carbons (Fsp3) is 0.667. The van der Waals surface area contributed by atoms with Gasteiger partial charge in [0, 0.05) is 18.5 Å². The zero-order valence-electron chi connectivity index (χ0n) is 10.9. The number of alkyl carbamates (subject to hydrolysis) is 1. The second-order valence-corrected chi connectivity index (χ2v) is 4.61. The van der Waals surface area contributed by atoms with Gasteiger partial charge in [-0.3, -0.25) is 4.79 Å². The molecular formula is C12H21NO4. The maximum absolute atomic E-state index is 11.3. The van der Waals surface area contributed by atoms with Crippen molar-refractivity contribution in [1.29, 1.82) is 0 Å². The third kappa shape index (κ3) is 7.38. The van der Waals surface area contributed by atoms with Crippen LogP contribution in [0.2, 0.25) is 0 Å². The van der Waals surface area contributed by atoms with Gasteiger partial charge in [-0.1, -0.05) is 6.92 Å². The molecule has 0 aliphatic heterocycles. The number of ketones is 1. The number of aliphatic hydroxyl groups is 1. The van der Waals surface area contributed by atoms with Gasteiger partial charge >= 0.3 is 6.09 Å². The van der Waals surface area contributed by atoms with Crippen LogP contribution in [-0.4, -0.2) is 29.1 Å². The van der Waals surface area contributed by atoms with Crippen LogP contribution < -0.4 is 5.32 Å². The predicted molar refractivity (Wildman–Crippen MR) is 64.9 cm³/mol. The fourth-order valence-electron chi connectivity index (χ4n) is 1.12. The molecule has 0 radical (unpaired) electrons. The van der Waals surface area contributed by atoms with E-state index in [0.29, 0.717) is 18.4 Å². The lowest BCUT2D eigenvalue weighted by molar-refractivity contribution is -0.115. The molecule has 0 saturated carbocycles. The average Bonchev–Trinajstić information content (AvgIpc) is 2.21. The third-order valence-electron chi connectivity index (χ3n) is 1.90. The Labute approximate surface area is 102 Å². The van der Waals surface area contributed by atoms with E-state index in [0.717, 1.165) is 6.26 Å². The third-order valence-corrected chi connectivity index (χ3v) is 1.90. The number of Topliss-reactive ketones (excluding diaryl/α,β-unsaturated/α-hetero) is 1. The number of hydrogen-bond donors (Lipinski definition) is 2. The molecule has 1 amide bonds. The number of aliphatic hydroxyl groups excluding tert-OH is 1. The Kier molecular flexibility index (Phi) is 6.31. The van der Waals surface area contributed by atoms with Crippen LogP contribution in [0.5, 0.6) is 0 Å². The summed E-state index contributed by atoms with van der Waals surface area (Å²) in [6.07, 6.45) is 0.892. The first kappa shape index (κ1) is 15.5. The Bertz CT molecular complexity index is 302. The molecule has 98 valence electrons. The van der Waals surface area contributed by atoms with Gasteiger partial charge in [0.1, 0.15) is 5.60 Å². The van der Waals surface area contributed by atoms with Gasteiger partial charge in [0.25, 0.3) is 0 Å². The van der Waals surface area contributed by atoms with Crippen molar-refractivity contribution >= 4 is 11.9 Å². The van der Waals surface area contributed by atoms with Crippen molar-refractivity contribution in [2.45, 2.75) is 46.1 Å². The molecule has 5 heteroatoms.